The molecule has 37 heavy (non-hydrogen) atoms. The first-order valence-electron chi connectivity index (χ1n) is 13.0. The number of imidazole rings is 1. The normalized spacial score (nSPS) is 11.6. The predicted molar refractivity (Wildman–Crippen MR) is 152 cm³/mol. The number of benzene rings is 3. The molecule has 3 aromatic carbocycles. The molecular formula is C31H36ClN3O2. The molecule has 6 heteroatoms. The van der Waals surface area contributed by atoms with Crippen molar-refractivity contribution in [3.05, 3.63) is 94.8 Å². The number of halogens is 1. The van der Waals surface area contributed by atoms with Crippen molar-refractivity contribution >= 4 is 28.5 Å². The number of aryl methyl sites for hydroxylation is 2. The van der Waals surface area contributed by atoms with E-state index >= 15 is 0 Å². The molecule has 1 aromatic heterocycles. The number of carbonyl (C=O) groups is 1. The molecule has 0 radical (unpaired) electrons. The number of hydrogen-bond acceptors (Lipinski definition) is 3. The highest BCUT2D eigenvalue weighted by Crippen LogP contribution is 2.24. The maximum Gasteiger partial charge on any atom is 0.252 e. The summed E-state index contributed by atoms with van der Waals surface area (Å²) in [5.74, 6) is 1.82. The SMILES string of the molecule is CC(C)(C)c1ccc(OCCCCn2c(CCCNC(=O)c3ccccc3Cl)nc3ccccc32)cc1. The van der Waals surface area contributed by atoms with Crippen molar-refractivity contribution in [2.45, 2.75) is 58.4 Å². The molecule has 0 bridgehead atoms. The molecule has 1 amide bonds. The van der Waals surface area contributed by atoms with E-state index in [1.165, 1.54) is 5.56 Å². The molecule has 0 spiro atoms. The van der Waals surface area contributed by atoms with Gasteiger partial charge in [0.25, 0.3) is 5.91 Å². The van der Waals surface area contributed by atoms with Crippen molar-refractivity contribution in [1.29, 1.82) is 0 Å². The number of unbranched alkanes of at least 4 members (excludes halogenated alkanes) is 1. The second kappa shape index (κ2) is 12.3. The fraction of sp³-hybridized carbons (Fsp3) is 0.355. The van der Waals surface area contributed by atoms with Crippen molar-refractivity contribution in [2.75, 3.05) is 13.2 Å². The Morgan fingerprint density at radius 1 is 0.946 bits per heavy atom. The van der Waals surface area contributed by atoms with Gasteiger partial charge < -0.3 is 14.6 Å². The number of fused-ring (bicyclic) bond motifs is 1. The highest BCUT2D eigenvalue weighted by Gasteiger charge is 2.14. The second-order valence-electron chi connectivity index (χ2n) is 10.3. The Bertz CT molecular complexity index is 1320. The van der Waals surface area contributed by atoms with Crippen molar-refractivity contribution in [3.63, 3.8) is 0 Å². The lowest BCUT2D eigenvalue weighted by atomic mass is 9.87. The van der Waals surface area contributed by atoms with Gasteiger partial charge in [-0.05, 0) is 66.6 Å². The summed E-state index contributed by atoms with van der Waals surface area (Å²) in [5.41, 5.74) is 4.11. The Kier molecular flexibility index (Phi) is 8.88. The molecule has 4 aromatic rings. The average molecular weight is 518 g/mol. The molecule has 0 saturated heterocycles. The number of ether oxygens (including phenoxy) is 1. The van der Waals surface area contributed by atoms with E-state index in [0.717, 1.165) is 54.8 Å². The minimum atomic E-state index is -0.146. The minimum absolute atomic E-state index is 0.144. The van der Waals surface area contributed by atoms with Crippen LogP contribution in [0.2, 0.25) is 5.02 Å². The zero-order chi connectivity index (χ0) is 26.3. The summed E-state index contributed by atoms with van der Waals surface area (Å²) >= 11 is 6.14. The first-order valence-corrected chi connectivity index (χ1v) is 13.4. The van der Waals surface area contributed by atoms with Crippen LogP contribution < -0.4 is 10.1 Å². The van der Waals surface area contributed by atoms with Crippen molar-refractivity contribution in [2.24, 2.45) is 0 Å². The van der Waals surface area contributed by atoms with Crippen LogP contribution in [0.1, 0.15) is 61.8 Å². The van der Waals surface area contributed by atoms with Gasteiger partial charge in [-0.15, -0.1) is 0 Å². The summed E-state index contributed by atoms with van der Waals surface area (Å²) in [6.07, 6.45) is 3.54. The molecule has 0 fully saturated rings. The van der Waals surface area contributed by atoms with Gasteiger partial charge in [0.15, 0.2) is 0 Å². The number of carbonyl (C=O) groups excluding carboxylic acids is 1. The van der Waals surface area contributed by atoms with Crippen LogP contribution in [0.15, 0.2) is 72.8 Å². The van der Waals surface area contributed by atoms with Crippen LogP contribution in [0.5, 0.6) is 5.75 Å². The van der Waals surface area contributed by atoms with Crippen molar-refractivity contribution < 1.29 is 9.53 Å². The standard InChI is InChI=1S/C31H36ClN3O2/c1-31(2,3)23-16-18-24(19-17-23)37-22-9-8-21-35-28-14-7-6-13-27(28)34-29(35)15-10-20-33-30(36)25-11-4-5-12-26(25)32/h4-7,11-14,16-19H,8-10,15,20-22H2,1-3H3,(H,33,36). The van der Waals surface area contributed by atoms with Crippen molar-refractivity contribution in [1.82, 2.24) is 14.9 Å². The van der Waals surface area contributed by atoms with E-state index in [2.05, 4.69) is 73.1 Å². The molecule has 4 rings (SSSR count). The summed E-state index contributed by atoms with van der Waals surface area (Å²) in [6.45, 7) is 8.78. The second-order valence-corrected chi connectivity index (χ2v) is 10.7. The van der Waals surface area contributed by atoms with E-state index in [-0.39, 0.29) is 11.3 Å². The van der Waals surface area contributed by atoms with Gasteiger partial charge >= 0.3 is 0 Å². The Balaban J connectivity index is 1.28. The van der Waals surface area contributed by atoms with E-state index in [1.54, 1.807) is 12.1 Å². The van der Waals surface area contributed by atoms with Gasteiger partial charge in [0.1, 0.15) is 11.6 Å². The van der Waals surface area contributed by atoms with Crippen LogP contribution in [0.3, 0.4) is 0 Å². The third-order valence-electron chi connectivity index (χ3n) is 6.48. The maximum absolute atomic E-state index is 12.4. The van der Waals surface area contributed by atoms with Crippen LogP contribution in [0, 0.1) is 0 Å². The van der Waals surface area contributed by atoms with Crippen LogP contribution in [-0.2, 0) is 18.4 Å². The lowest BCUT2D eigenvalue weighted by Gasteiger charge is -2.19. The third-order valence-corrected chi connectivity index (χ3v) is 6.81. The monoisotopic (exact) mass is 517 g/mol. The molecule has 0 aliphatic carbocycles. The number of aromatic nitrogens is 2. The number of rotatable bonds is 11. The van der Waals surface area contributed by atoms with Crippen molar-refractivity contribution in [3.8, 4) is 5.75 Å². The number of amides is 1. The highest BCUT2D eigenvalue weighted by molar-refractivity contribution is 6.33. The van der Waals surface area contributed by atoms with Crippen LogP contribution >= 0.6 is 11.6 Å². The Morgan fingerprint density at radius 3 is 2.43 bits per heavy atom. The molecular weight excluding hydrogens is 482 g/mol. The Labute approximate surface area is 224 Å². The van der Waals surface area contributed by atoms with Gasteiger partial charge in [-0.1, -0.05) is 68.8 Å². The number of hydrogen-bond donors (Lipinski definition) is 1. The fourth-order valence-corrected chi connectivity index (χ4v) is 4.59. The fourth-order valence-electron chi connectivity index (χ4n) is 4.37. The third kappa shape index (κ3) is 7.14. The largest absolute Gasteiger partial charge is 0.494 e. The number of nitrogens with zero attached hydrogens (tertiary/aromatic N) is 2. The van der Waals surface area contributed by atoms with Crippen LogP contribution in [-0.4, -0.2) is 28.6 Å². The Morgan fingerprint density at radius 2 is 1.68 bits per heavy atom. The molecule has 0 saturated carbocycles. The van der Waals surface area contributed by atoms with Gasteiger partial charge in [-0.2, -0.15) is 0 Å². The van der Waals surface area contributed by atoms with E-state index < -0.39 is 0 Å². The predicted octanol–water partition coefficient (Wildman–Crippen LogP) is 7.21. The summed E-state index contributed by atoms with van der Waals surface area (Å²) in [4.78, 5) is 17.3. The molecule has 5 nitrogen and oxygen atoms in total. The van der Waals surface area contributed by atoms with Gasteiger partial charge in [-0.25, -0.2) is 4.98 Å². The summed E-state index contributed by atoms with van der Waals surface area (Å²) in [7, 11) is 0. The number of para-hydroxylation sites is 2. The summed E-state index contributed by atoms with van der Waals surface area (Å²) in [5, 5.41) is 3.44. The summed E-state index contributed by atoms with van der Waals surface area (Å²) in [6, 6.07) is 23.8. The average Bonchev–Trinajstić information content (AvgIpc) is 3.23. The zero-order valence-corrected chi connectivity index (χ0v) is 22.7. The van der Waals surface area contributed by atoms with E-state index in [1.807, 2.05) is 18.2 Å². The summed E-state index contributed by atoms with van der Waals surface area (Å²) < 4.78 is 8.29. The van der Waals surface area contributed by atoms with Crippen LogP contribution in [0.4, 0.5) is 0 Å². The maximum atomic E-state index is 12.4. The molecule has 1 heterocycles. The smallest absolute Gasteiger partial charge is 0.252 e. The van der Waals surface area contributed by atoms with Gasteiger partial charge in [0, 0.05) is 19.5 Å². The van der Waals surface area contributed by atoms with E-state index in [4.69, 9.17) is 21.3 Å². The first kappa shape index (κ1) is 26.7. The lowest BCUT2D eigenvalue weighted by Crippen LogP contribution is -2.25. The van der Waals surface area contributed by atoms with E-state index in [9.17, 15) is 4.79 Å². The topological polar surface area (TPSA) is 56.1 Å². The molecule has 0 aliphatic rings. The molecule has 1 N–H and O–H groups in total. The lowest BCUT2D eigenvalue weighted by molar-refractivity contribution is 0.0953. The van der Waals surface area contributed by atoms with E-state index in [0.29, 0.717) is 23.7 Å². The minimum Gasteiger partial charge on any atom is -0.494 e. The van der Waals surface area contributed by atoms with Gasteiger partial charge in [0.2, 0.25) is 0 Å². The quantitative estimate of drug-likeness (QED) is 0.214. The highest BCUT2D eigenvalue weighted by atomic mass is 35.5. The molecule has 0 atom stereocenters. The Hall–Kier alpha value is -3.31. The first-order chi connectivity index (χ1) is 17.8. The van der Waals surface area contributed by atoms with Gasteiger partial charge in [0.05, 0.1) is 28.2 Å². The van der Waals surface area contributed by atoms with Crippen LogP contribution in [0.25, 0.3) is 11.0 Å². The zero-order valence-electron chi connectivity index (χ0n) is 22.0. The van der Waals surface area contributed by atoms with Gasteiger partial charge in [-0.3, -0.25) is 4.79 Å². The molecule has 194 valence electrons. The molecule has 0 aliphatic heterocycles. The number of nitrogens with one attached hydrogen (secondary N) is 1. The molecule has 0 unspecified atom stereocenters.